The van der Waals surface area contributed by atoms with Crippen LogP contribution in [-0.2, 0) is 37.1 Å². The predicted octanol–water partition coefficient (Wildman–Crippen LogP) is 6.76. The molecule has 0 aliphatic heterocycles. The topological polar surface area (TPSA) is 128 Å². The average molecular weight is 647 g/mol. The summed E-state index contributed by atoms with van der Waals surface area (Å²) in [4.78, 5) is 40.9. The van der Waals surface area contributed by atoms with E-state index in [2.05, 4.69) is 10.0 Å². The Morgan fingerprint density at radius 1 is 0.889 bits per heavy atom. The minimum atomic E-state index is -3.93. The van der Waals surface area contributed by atoms with Gasteiger partial charge < -0.3 is 14.8 Å². The number of amides is 1. The van der Waals surface area contributed by atoms with Gasteiger partial charge in [0, 0.05) is 10.4 Å². The summed E-state index contributed by atoms with van der Waals surface area (Å²) in [6.45, 7) is 5.64. The third-order valence-electron chi connectivity index (χ3n) is 7.70. The van der Waals surface area contributed by atoms with Crippen molar-refractivity contribution in [2.45, 2.75) is 57.5 Å². The summed E-state index contributed by atoms with van der Waals surface area (Å²) in [5, 5.41) is 3.21. The Balaban J connectivity index is 1.37. The van der Waals surface area contributed by atoms with Gasteiger partial charge in [0.1, 0.15) is 5.00 Å². The van der Waals surface area contributed by atoms with Gasteiger partial charge in [0.05, 0.1) is 28.3 Å². The molecule has 0 bridgehead atoms. The first-order valence-electron chi connectivity index (χ1n) is 14.7. The molecule has 5 rings (SSSR count). The zero-order valence-corrected chi connectivity index (χ0v) is 26.8. The lowest BCUT2D eigenvalue weighted by molar-refractivity contribution is -0.125. The van der Waals surface area contributed by atoms with Crippen molar-refractivity contribution in [1.82, 2.24) is 0 Å². The second-order valence-electron chi connectivity index (χ2n) is 10.7. The molecule has 1 amide bonds. The summed E-state index contributed by atoms with van der Waals surface area (Å²) in [6, 6.07) is 19.2. The van der Waals surface area contributed by atoms with E-state index in [1.54, 1.807) is 49.4 Å². The zero-order chi connectivity index (χ0) is 32.1. The number of benzene rings is 3. The molecule has 45 heavy (non-hydrogen) atoms. The summed E-state index contributed by atoms with van der Waals surface area (Å²) in [5.41, 5.74) is 3.97. The van der Waals surface area contributed by atoms with Crippen LogP contribution in [-0.4, -0.2) is 32.9 Å². The van der Waals surface area contributed by atoms with E-state index in [9.17, 15) is 22.8 Å². The predicted molar refractivity (Wildman–Crippen MR) is 173 cm³/mol. The molecule has 1 aliphatic carbocycles. The van der Waals surface area contributed by atoms with Crippen LogP contribution in [0.2, 0.25) is 0 Å². The zero-order valence-electron chi connectivity index (χ0n) is 25.2. The van der Waals surface area contributed by atoms with E-state index < -0.39 is 34.0 Å². The van der Waals surface area contributed by atoms with Gasteiger partial charge in [0.2, 0.25) is 6.10 Å². The van der Waals surface area contributed by atoms with Crippen molar-refractivity contribution in [1.29, 1.82) is 0 Å². The molecule has 11 heteroatoms. The highest BCUT2D eigenvalue weighted by molar-refractivity contribution is 7.92. The van der Waals surface area contributed by atoms with Crippen molar-refractivity contribution in [2.24, 2.45) is 0 Å². The molecule has 1 aliphatic rings. The van der Waals surface area contributed by atoms with Gasteiger partial charge >= 0.3 is 11.9 Å². The normalized spacial score (nSPS) is 13.3. The maximum Gasteiger partial charge on any atom is 0.341 e. The van der Waals surface area contributed by atoms with Crippen molar-refractivity contribution in [3.8, 4) is 0 Å². The van der Waals surface area contributed by atoms with E-state index in [0.29, 0.717) is 21.8 Å². The molecule has 3 aromatic carbocycles. The van der Waals surface area contributed by atoms with Crippen molar-refractivity contribution in [2.75, 3.05) is 16.6 Å². The van der Waals surface area contributed by atoms with Crippen LogP contribution in [0.5, 0.6) is 0 Å². The molecule has 0 saturated carbocycles. The molecule has 0 fully saturated rings. The van der Waals surface area contributed by atoms with Crippen LogP contribution in [0.3, 0.4) is 0 Å². The van der Waals surface area contributed by atoms with Gasteiger partial charge in [-0.15, -0.1) is 11.3 Å². The molecule has 0 radical (unpaired) electrons. The number of rotatable bonds is 10. The molecule has 9 nitrogen and oxygen atoms in total. The fraction of sp³-hybridized carbons (Fsp3) is 0.265. The van der Waals surface area contributed by atoms with Gasteiger partial charge in [-0.3, -0.25) is 9.52 Å². The second-order valence-corrected chi connectivity index (χ2v) is 13.5. The number of anilines is 2. The lowest BCUT2D eigenvalue weighted by Gasteiger charge is -2.18. The molecule has 0 spiro atoms. The monoisotopic (exact) mass is 646 g/mol. The average Bonchev–Trinajstić information content (AvgIpc) is 3.40. The summed E-state index contributed by atoms with van der Waals surface area (Å²) in [6.07, 6.45) is 2.12. The van der Waals surface area contributed by atoms with E-state index in [-0.39, 0.29) is 17.1 Å². The van der Waals surface area contributed by atoms with Gasteiger partial charge in [-0.1, -0.05) is 42.5 Å². The first-order valence-corrected chi connectivity index (χ1v) is 17.0. The van der Waals surface area contributed by atoms with Crippen LogP contribution in [0.15, 0.2) is 77.7 Å². The quantitative estimate of drug-likeness (QED) is 0.182. The van der Waals surface area contributed by atoms with E-state index in [0.717, 1.165) is 47.3 Å². The molecule has 1 heterocycles. The third-order valence-corrected chi connectivity index (χ3v) is 10.3. The number of carbonyl (C=O) groups excluding carboxylic acids is 3. The van der Waals surface area contributed by atoms with Gasteiger partial charge in [-0.2, -0.15) is 0 Å². The van der Waals surface area contributed by atoms with Crippen LogP contribution in [0.1, 0.15) is 73.7 Å². The number of nitrogens with one attached hydrogen (secondary N) is 2. The number of hydrogen-bond acceptors (Lipinski definition) is 8. The second kappa shape index (κ2) is 13.7. The first-order chi connectivity index (χ1) is 21.6. The molecule has 4 aromatic rings. The van der Waals surface area contributed by atoms with Crippen molar-refractivity contribution in [3.05, 3.63) is 111 Å². The van der Waals surface area contributed by atoms with Crippen molar-refractivity contribution in [3.63, 3.8) is 0 Å². The fourth-order valence-corrected chi connectivity index (χ4v) is 7.57. The van der Waals surface area contributed by atoms with Crippen LogP contribution in [0, 0.1) is 13.8 Å². The lowest BCUT2D eigenvalue weighted by atomic mass is 9.95. The molecule has 1 aromatic heterocycles. The minimum absolute atomic E-state index is 0.0366. The number of hydrogen-bond donors (Lipinski definition) is 2. The Labute approximate surface area is 266 Å². The van der Waals surface area contributed by atoms with E-state index in [4.69, 9.17) is 9.47 Å². The highest BCUT2D eigenvalue weighted by Crippen LogP contribution is 2.39. The van der Waals surface area contributed by atoms with Crippen LogP contribution < -0.4 is 10.0 Å². The SMILES string of the molecule is CCOC(=O)c1c(NC(=O)C(OC(=O)c2ccc(S(=O)(=O)Nc3cccc(C)c3C)cc2)c2ccccc2)sc2c1CCCC2. The van der Waals surface area contributed by atoms with Crippen LogP contribution >= 0.6 is 11.3 Å². The largest absolute Gasteiger partial charge is 0.462 e. The summed E-state index contributed by atoms with van der Waals surface area (Å²) in [5.74, 6) is -1.94. The van der Waals surface area contributed by atoms with E-state index in [1.807, 2.05) is 19.9 Å². The first kappa shape index (κ1) is 31.9. The minimum Gasteiger partial charge on any atom is -0.462 e. The lowest BCUT2D eigenvalue weighted by Crippen LogP contribution is -2.26. The van der Waals surface area contributed by atoms with Gasteiger partial charge in [-0.25, -0.2) is 18.0 Å². The van der Waals surface area contributed by atoms with Crippen molar-refractivity contribution >= 4 is 49.9 Å². The molecular formula is C34H34N2O7S2. The maximum atomic E-state index is 13.7. The standard InChI is InChI=1S/C34H34N2O7S2/c1-4-42-34(39)29-26-14-8-9-16-28(26)44-32(29)35-31(37)30(23-12-6-5-7-13-23)43-33(38)24-17-19-25(20-18-24)45(40,41)36-27-15-10-11-21(2)22(27)3/h5-7,10-13,15,17-20,30,36H,4,8-9,14,16H2,1-3H3,(H,35,37). The Hall–Kier alpha value is -4.48. The van der Waals surface area contributed by atoms with Gasteiger partial charge in [0.25, 0.3) is 15.9 Å². The smallest absolute Gasteiger partial charge is 0.341 e. The Morgan fingerprint density at radius 3 is 2.31 bits per heavy atom. The molecule has 0 saturated heterocycles. The number of aryl methyl sites for hydroxylation is 2. The van der Waals surface area contributed by atoms with Crippen LogP contribution in [0.4, 0.5) is 10.7 Å². The number of ether oxygens (including phenoxy) is 2. The molecule has 234 valence electrons. The number of sulfonamides is 1. The van der Waals surface area contributed by atoms with Crippen LogP contribution in [0.25, 0.3) is 0 Å². The fourth-order valence-electron chi connectivity index (χ4n) is 5.16. The van der Waals surface area contributed by atoms with Gasteiger partial charge in [0.15, 0.2) is 0 Å². The Morgan fingerprint density at radius 2 is 1.60 bits per heavy atom. The molecular weight excluding hydrogens is 613 g/mol. The number of fused-ring (bicyclic) bond motifs is 1. The summed E-state index contributed by atoms with van der Waals surface area (Å²) >= 11 is 1.34. The molecule has 2 N–H and O–H groups in total. The van der Waals surface area contributed by atoms with E-state index in [1.165, 1.54) is 35.6 Å². The third kappa shape index (κ3) is 7.10. The van der Waals surface area contributed by atoms with Crippen molar-refractivity contribution < 1.29 is 32.3 Å². The molecule has 1 unspecified atom stereocenters. The maximum absolute atomic E-state index is 13.7. The summed E-state index contributed by atoms with van der Waals surface area (Å²) in [7, 11) is -3.93. The summed E-state index contributed by atoms with van der Waals surface area (Å²) < 4.78 is 39.7. The van der Waals surface area contributed by atoms with E-state index >= 15 is 0 Å². The highest BCUT2D eigenvalue weighted by atomic mass is 32.2. The number of thiophene rings is 1. The highest BCUT2D eigenvalue weighted by Gasteiger charge is 2.31. The van der Waals surface area contributed by atoms with Gasteiger partial charge in [-0.05, 0) is 93.5 Å². The number of esters is 2. The molecule has 1 atom stereocenters. The Bertz CT molecular complexity index is 1830. The number of carbonyl (C=O) groups is 3. The Kier molecular flexibility index (Phi) is 9.69.